The van der Waals surface area contributed by atoms with Crippen LogP contribution in [0.3, 0.4) is 0 Å². The van der Waals surface area contributed by atoms with Gasteiger partial charge < -0.3 is 23.4 Å². The number of hydrogen-bond acceptors (Lipinski definition) is 5. The Bertz CT molecular complexity index is 3630. The minimum atomic E-state index is 0.451. The normalized spacial score (nSPS) is 11.5. The van der Waals surface area contributed by atoms with Gasteiger partial charge in [-0.2, -0.15) is 0 Å². The second kappa shape index (κ2) is 16.8. The van der Waals surface area contributed by atoms with Crippen LogP contribution in [0.4, 0.5) is 34.1 Å². The van der Waals surface area contributed by atoms with Crippen LogP contribution in [0.1, 0.15) is 0 Å². The molecule has 69 heavy (non-hydrogen) atoms. The second-order valence-corrected chi connectivity index (χ2v) is 17.1. The summed E-state index contributed by atoms with van der Waals surface area (Å²) in [5.74, 6) is 0.902. The van der Waals surface area contributed by atoms with Crippen LogP contribution < -0.4 is 9.80 Å². The smallest absolute Gasteiger partial charge is 0.248 e. The highest BCUT2D eigenvalue weighted by Gasteiger charge is 2.21. The van der Waals surface area contributed by atoms with Crippen LogP contribution in [0.5, 0.6) is 0 Å². The minimum absolute atomic E-state index is 0.451. The molecule has 0 radical (unpaired) electrons. The number of anilines is 6. The maximum atomic E-state index is 6.64. The van der Waals surface area contributed by atoms with Crippen LogP contribution in [-0.4, -0.2) is 19.3 Å². The lowest BCUT2D eigenvalue weighted by Gasteiger charge is -2.26. The van der Waals surface area contributed by atoms with Gasteiger partial charge in [-0.3, -0.25) is 0 Å². The fourth-order valence-electron chi connectivity index (χ4n) is 9.97. The van der Waals surface area contributed by atoms with Crippen molar-refractivity contribution >= 4 is 77.7 Å². The zero-order valence-corrected chi connectivity index (χ0v) is 37.3. The van der Waals surface area contributed by atoms with Gasteiger partial charge >= 0.3 is 0 Å². The van der Waals surface area contributed by atoms with Crippen LogP contribution in [0.25, 0.3) is 77.9 Å². The number of nitrogens with zero attached hydrogens (tertiary/aromatic N) is 6. The highest BCUT2D eigenvalue weighted by Crippen LogP contribution is 2.41. The molecule has 0 N–H and O–H groups in total. The third-order valence-corrected chi connectivity index (χ3v) is 13.0. The highest BCUT2D eigenvalue weighted by atomic mass is 16.4. The Morgan fingerprint density at radius 2 is 0.609 bits per heavy atom. The molecule has 0 aliphatic heterocycles. The lowest BCUT2D eigenvalue weighted by molar-refractivity contribution is 0.584. The molecule has 0 saturated carbocycles. The summed E-state index contributed by atoms with van der Waals surface area (Å²) >= 11 is 0. The Morgan fingerprint density at radius 1 is 0.275 bits per heavy atom. The second-order valence-electron chi connectivity index (χ2n) is 17.1. The SMILES string of the molecule is c1ccc(N(c2ccccc2)c2cccc(-n3c4ccccc4c4ccc(-c5nnc(-c6ccc7c8ccccc8n(-c8cccc(N(c9ccccc9)c9ccccc9)c8)c7c6)o5)cc43)c2)cc1. The third-order valence-electron chi connectivity index (χ3n) is 13.0. The predicted octanol–water partition coefficient (Wildman–Crippen LogP) is 16.5. The molecule has 13 aromatic rings. The molecule has 7 nitrogen and oxygen atoms in total. The van der Waals surface area contributed by atoms with Gasteiger partial charge in [0.15, 0.2) is 0 Å². The van der Waals surface area contributed by atoms with Crippen LogP contribution in [-0.2, 0) is 0 Å². The summed E-state index contributed by atoms with van der Waals surface area (Å²) in [5, 5.41) is 14.0. The zero-order valence-electron chi connectivity index (χ0n) is 37.3. The molecule has 0 aliphatic carbocycles. The predicted molar refractivity (Wildman–Crippen MR) is 283 cm³/mol. The van der Waals surface area contributed by atoms with Crippen molar-refractivity contribution in [1.29, 1.82) is 0 Å². The Morgan fingerprint density at radius 3 is 1.00 bits per heavy atom. The molecule has 0 fully saturated rings. The molecule has 0 bridgehead atoms. The standard InChI is InChI=1S/C62H42N6O/c1-5-19-45(20-6-1)65(46-21-7-2-8-22-46)49-27-17-29-51(41-49)67-57-33-15-13-31-53(57)55-37-35-43(39-59(55)67)61-63-64-62(69-61)44-36-38-56-54-32-14-16-34-58(54)68(60(56)40-44)52-30-18-28-50(42-52)66(47-23-9-3-10-24-47)48-25-11-4-12-26-48/h1-42H. The highest BCUT2D eigenvalue weighted by molar-refractivity contribution is 6.11. The molecule has 7 heteroatoms. The third kappa shape index (κ3) is 7.00. The first kappa shape index (κ1) is 39.9. The Hall–Kier alpha value is -9.46. The number of hydrogen-bond donors (Lipinski definition) is 0. The summed E-state index contributed by atoms with van der Waals surface area (Å²) in [7, 11) is 0. The van der Waals surface area contributed by atoms with E-state index in [-0.39, 0.29) is 0 Å². The van der Waals surface area contributed by atoms with Gasteiger partial charge in [-0.05, 0) is 121 Å². The molecule has 13 rings (SSSR count). The molecule has 3 aromatic heterocycles. The first-order valence-electron chi connectivity index (χ1n) is 23.2. The van der Waals surface area contributed by atoms with E-state index in [1.807, 2.05) is 0 Å². The molecule has 0 spiro atoms. The molecular weight excluding hydrogens is 845 g/mol. The van der Waals surface area contributed by atoms with Gasteiger partial charge in [-0.15, -0.1) is 10.2 Å². The van der Waals surface area contributed by atoms with Crippen molar-refractivity contribution in [2.75, 3.05) is 9.80 Å². The number of benzene rings is 10. The van der Waals surface area contributed by atoms with Crippen LogP contribution in [0.15, 0.2) is 259 Å². The summed E-state index contributed by atoms with van der Waals surface area (Å²) in [6.07, 6.45) is 0. The molecule has 0 aliphatic rings. The number of rotatable bonds is 10. The summed E-state index contributed by atoms with van der Waals surface area (Å²) in [5.41, 5.74) is 14.5. The van der Waals surface area contributed by atoms with E-state index < -0.39 is 0 Å². The van der Waals surface area contributed by atoms with Crippen molar-refractivity contribution in [3.63, 3.8) is 0 Å². The van der Waals surface area contributed by atoms with E-state index in [4.69, 9.17) is 4.42 Å². The van der Waals surface area contributed by atoms with Crippen molar-refractivity contribution in [1.82, 2.24) is 19.3 Å². The number of aromatic nitrogens is 4. The summed E-state index contributed by atoms with van der Waals surface area (Å²) in [6, 6.07) is 89.5. The Balaban J connectivity index is 0.901. The van der Waals surface area contributed by atoms with Crippen molar-refractivity contribution in [3.05, 3.63) is 255 Å². The number of fused-ring (bicyclic) bond motifs is 6. The average molecular weight is 887 g/mol. The van der Waals surface area contributed by atoms with E-state index in [9.17, 15) is 0 Å². The average Bonchev–Trinajstić information content (AvgIpc) is 4.13. The Kier molecular flexibility index (Phi) is 9.68. The van der Waals surface area contributed by atoms with E-state index in [0.29, 0.717) is 11.8 Å². The van der Waals surface area contributed by atoms with Gasteiger partial charge in [0.05, 0.1) is 22.1 Å². The summed E-state index contributed by atoms with van der Waals surface area (Å²) in [6.45, 7) is 0. The fraction of sp³-hybridized carbons (Fsp3) is 0. The summed E-state index contributed by atoms with van der Waals surface area (Å²) < 4.78 is 11.3. The van der Waals surface area contributed by atoms with Crippen molar-refractivity contribution in [2.24, 2.45) is 0 Å². The van der Waals surface area contributed by atoms with Crippen LogP contribution in [0.2, 0.25) is 0 Å². The molecule has 0 amide bonds. The molecule has 10 aromatic carbocycles. The molecule has 0 atom stereocenters. The van der Waals surface area contributed by atoms with Crippen molar-refractivity contribution < 1.29 is 4.42 Å². The molecule has 0 unspecified atom stereocenters. The molecule has 0 saturated heterocycles. The lowest BCUT2D eigenvalue weighted by atomic mass is 10.1. The van der Waals surface area contributed by atoms with Gasteiger partial charge in [-0.1, -0.05) is 133 Å². The maximum absolute atomic E-state index is 6.64. The first-order chi connectivity index (χ1) is 34.2. The van der Waals surface area contributed by atoms with E-state index in [2.05, 4.69) is 284 Å². The Labute approximate surface area is 398 Å². The molecule has 326 valence electrons. The molecule has 3 heterocycles. The monoisotopic (exact) mass is 886 g/mol. The van der Waals surface area contributed by atoms with Gasteiger partial charge in [0.2, 0.25) is 11.8 Å². The van der Waals surface area contributed by atoms with Crippen LogP contribution >= 0.6 is 0 Å². The lowest BCUT2D eigenvalue weighted by Crippen LogP contribution is -2.10. The van der Waals surface area contributed by atoms with Gasteiger partial charge in [0.25, 0.3) is 0 Å². The van der Waals surface area contributed by atoms with Gasteiger partial charge in [0.1, 0.15) is 0 Å². The topological polar surface area (TPSA) is 55.3 Å². The van der Waals surface area contributed by atoms with Gasteiger partial charge in [0, 0.05) is 78.2 Å². The quantitative estimate of drug-likeness (QED) is 0.137. The minimum Gasteiger partial charge on any atom is -0.416 e. The maximum Gasteiger partial charge on any atom is 0.248 e. The summed E-state index contributed by atoms with van der Waals surface area (Å²) in [4.78, 5) is 4.59. The van der Waals surface area contributed by atoms with Crippen LogP contribution in [0, 0.1) is 0 Å². The van der Waals surface area contributed by atoms with Crippen molar-refractivity contribution in [2.45, 2.75) is 0 Å². The van der Waals surface area contributed by atoms with E-state index >= 15 is 0 Å². The molecular formula is C62H42N6O. The largest absolute Gasteiger partial charge is 0.416 e. The number of para-hydroxylation sites is 6. The van der Waals surface area contributed by atoms with Gasteiger partial charge in [-0.25, -0.2) is 0 Å². The first-order valence-corrected chi connectivity index (χ1v) is 23.2. The van der Waals surface area contributed by atoms with E-state index in [0.717, 1.165) is 89.5 Å². The zero-order chi connectivity index (χ0) is 45.7. The van der Waals surface area contributed by atoms with E-state index in [1.165, 1.54) is 10.8 Å². The van der Waals surface area contributed by atoms with E-state index in [1.54, 1.807) is 0 Å². The van der Waals surface area contributed by atoms with Crippen molar-refractivity contribution in [3.8, 4) is 34.3 Å². The fourth-order valence-corrected chi connectivity index (χ4v) is 9.97.